The van der Waals surface area contributed by atoms with Gasteiger partial charge in [0.15, 0.2) is 0 Å². The fraction of sp³-hybridized carbons (Fsp3) is 0.900. The maximum absolute atomic E-state index is 12.5. The van der Waals surface area contributed by atoms with Gasteiger partial charge < -0.3 is 26.0 Å². The molecule has 9 heteroatoms. The lowest BCUT2D eigenvalue weighted by atomic mass is 9.91. The predicted molar refractivity (Wildman–Crippen MR) is 113 cm³/mol. The number of nitrogens with one attached hydrogen (secondary N) is 3. The molecule has 0 aromatic heterocycles. The number of hydrogen-bond donors (Lipinski definition) is 5. The zero-order valence-electron chi connectivity index (χ0n) is 17.7. The highest BCUT2D eigenvalue weighted by molar-refractivity contribution is 7.58. The zero-order chi connectivity index (χ0) is 21.4. The third kappa shape index (κ3) is 8.36. The van der Waals surface area contributed by atoms with Crippen molar-refractivity contribution in [3.63, 3.8) is 0 Å². The highest BCUT2D eigenvalue weighted by atomic mass is 31.2. The van der Waals surface area contributed by atoms with Crippen molar-refractivity contribution in [3.8, 4) is 0 Å². The Bertz CT molecular complexity index is 589. The largest absolute Gasteiger partial charge is 0.391 e. The average molecular weight is 432 g/mol. The van der Waals surface area contributed by atoms with E-state index < -0.39 is 19.5 Å². The number of aliphatic hydroxyl groups excluding tert-OH is 1. The smallest absolute Gasteiger partial charge is 0.242 e. The Hall–Kier alpha value is -0.950. The Kier molecular flexibility index (Phi) is 9.60. The molecule has 29 heavy (non-hydrogen) atoms. The maximum atomic E-state index is 12.5. The van der Waals surface area contributed by atoms with E-state index in [0.29, 0.717) is 0 Å². The summed E-state index contributed by atoms with van der Waals surface area (Å²) in [6.45, 7) is 4.38. The summed E-state index contributed by atoms with van der Waals surface area (Å²) in [6.07, 6.45) is 5.97. The minimum atomic E-state index is -3.44. The monoisotopic (exact) mass is 431 g/mol. The van der Waals surface area contributed by atoms with E-state index in [2.05, 4.69) is 16.0 Å². The lowest BCUT2D eigenvalue weighted by molar-refractivity contribution is -0.131. The van der Waals surface area contributed by atoms with Crippen LogP contribution in [0.5, 0.6) is 0 Å². The fourth-order valence-corrected chi connectivity index (χ4v) is 6.38. The summed E-state index contributed by atoms with van der Waals surface area (Å²) >= 11 is 0. The van der Waals surface area contributed by atoms with Gasteiger partial charge in [-0.15, -0.1) is 0 Å². The molecule has 0 spiro atoms. The number of carbonyl (C=O) groups is 2. The van der Waals surface area contributed by atoms with Crippen molar-refractivity contribution in [2.45, 2.75) is 77.0 Å². The van der Waals surface area contributed by atoms with Crippen LogP contribution in [0.4, 0.5) is 0 Å². The lowest BCUT2D eigenvalue weighted by Gasteiger charge is -2.26. The van der Waals surface area contributed by atoms with Gasteiger partial charge >= 0.3 is 0 Å². The van der Waals surface area contributed by atoms with Crippen LogP contribution in [-0.2, 0) is 14.2 Å². The van der Waals surface area contributed by atoms with Gasteiger partial charge in [-0.05, 0) is 44.1 Å². The second-order valence-electron chi connectivity index (χ2n) is 8.99. The first kappa shape index (κ1) is 24.3. The quantitative estimate of drug-likeness (QED) is 0.331. The van der Waals surface area contributed by atoms with E-state index >= 15 is 0 Å². The van der Waals surface area contributed by atoms with Crippen molar-refractivity contribution in [2.24, 2.45) is 11.8 Å². The highest BCUT2D eigenvalue weighted by Crippen LogP contribution is 2.45. The number of amides is 2. The molecule has 2 aliphatic rings. The normalized spacial score (nSPS) is 24.7. The Balaban J connectivity index is 1.78. The molecule has 0 bridgehead atoms. The van der Waals surface area contributed by atoms with E-state index in [1.165, 1.54) is 6.42 Å². The van der Waals surface area contributed by atoms with Gasteiger partial charge in [-0.25, -0.2) is 0 Å². The Morgan fingerprint density at radius 1 is 1.14 bits per heavy atom. The summed E-state index contributed by atoms with van der Waals surface area (Å²) in [4.78, 5) is 35.1. The van der Waals surface area contributed by atoms with Crippen LogP contribution in [0.15, 0.2) is 0 Å². The SMILES string of the molecule is CC(C)[C@H](NC(=O)[C@@H]1CCCN1)C(=O)NC[C@H](O)CP(=O)(O)CC1CCCCC1. The first-order valence-electron chi connectivity index (χ1n) is 11.0. The summed E-state index contributed by atoms with van der Waals surface area (Å²) in [5.74, 6) is -0.437. The molecule has 2 rings (SSSR count). The van der Waals surface area contributed by atoms with E-state index in [9.17, 15) is 24.2 Å². The third-order valence-electron chi connectivity index (χ3n) is 5.90. The Morgan fingerprint density at radius 2 is 1.83 bits per heavy atom. The Labute approximate surface area is 174 Å². The molecular formula is C20H38N3O5P. The third-order valence-corrected chi connectivity index (χ3v) is 7.98. The summed E-state index contributed by atoms with van der Waals surface area (Å²) < 4.78 is 12.5. The summed E-state index contributed by atoms with van der Waals surface area (Å²) in [6, 6.07) is -0.977. The predicted octanol–water partition coefficient (Wildman–Crippen LogP) is 1.21. The van der Waals surface area contributed by atoms with Gasteiger partial charge in [0.2, 0.25) is 19.2 Å². The number of aliphatic hydroxyl groups is 1. The van der Waals surface area contributed by atoms with Crippen molar-refractivity contribution in [3.05, 3.63) is 0 Å². The minimum Gasteiger partial charge on any atom is -0.391 e. The van der Waals surface area contributed by atoms with Gasteiger partial charge in [0.25, 0.3) is 0 Å². The molecule has 1 aliphatic heterocycles. The summed E-state index contributed by atoms with van der Waals surface area (Å²) in [7, 11) is -3.44. The van der Waals surface area contributed by atoms with Crippen LogP contribution in [0, 0.1) is 11.8 Å². The first-order valence-corrected chi connectivity index (χ1v) is 13.0. The average Bonchev–Trinajstić information content (AvgIpc) is 3.18. The van der Waals surface area contributed by atoms with Gasteiger partial charge in [-0.1, -0.05) is 33.1 Å². The first-order chi connectivity index (χ1) is 13.7. The van der Waals surface area contributed by atoms with Crippen LogP contribution in [0.25, 0.3) is 0 Å². The Morgan fingerprint density at radius 3 is 2.41 bits per heavy atom. The fourth-order valence-electron chi connectivity index (χ4n) is 4.27. The van der Waals surface area contributed by atoms with E-state index in [0.717, 1.165) is 45.1 Å². The molecule has 1 saturated carbocycles. The maximum Gasteiger partial charge on any atom is 0.242 e. The lowest BCUT2D eigenvalue weighted by Crippen LogP contribution is -2.54. The van der Waals surface area contributed by atoms with Crippen LogP contribution in [0.1, 0.15) is 58.8 Å². The second-order valence-corrected chi connectivity index (χ2v) is 11.4. The molecule has 2 fully saturated rings. The van der Waals surface area contributed by atoms with Crippen LogP contribution in [0.3, 0.4) is 0 Å². The molecule has 1 saturated heterocycles. The zero-order valence-corrected chi connectivity index (χ0v) is 18.6. The van der Waals surface area contributed by atoms with Crippen molar-refractivity contribution in [1.82, 2.24) is 16.0 Å². The van der Waals surface area contributed by atoms with Crippen molar-refractivity contribution < 1.29 is 24.2 Å². The molecule has 0 aromatic carbocycles. The van der Waals surface area contributed by atoms with Crippen LogP contribution >= 0.6 is 7.37 Å². The molecule has 8 nitrogen and oxygen atoms in total. The summed E-state index contributed by atoms with van der Waals surface area (Å²) in [5.41, 5.74) is 0. The van der Waals surface area contributed by atoms with E-state index in [-0.39, 0.29) is 48.6 Å². The summed E-state index contributed by atoms with van der Waals surface area (Å²) in [5, 5.41) is 18.7. The topological polar surface area (TPSA) is 128 Å². The second kappa shape index (κ2) is 11.4. The van der Waals surface area contributed by atoms with E-state index in [4.69, 9.17) is 0 Å². The number of rotatable bonds is 10. The molecule has 168 valence electrons. The van der Waals surface area contributed by atoms with E-state index in [1.807, 2.05) is 13.8 Å². The van der Waals surface area contributed by atoms with Crippen LogP contribution < -0.4 is 16.0 Å². The van der Waals surface area contributed by atoms with Gasteiger partial charge in [0.05, 0.1) is 18.3 Å². The van der Waals surface area contributed by atoms with Crippen molar-refractivity contribution >= 4 is 19.2 Å². The standard InChI is InChI=1S/C20H38N3O5P/c1-14(2)18(23-19(25)17-9-6-10-21-17)20(26)22-11-16(24)13-29(27,28)12-15-7-4-3-5-8-15/h14-18,21,24H,3-13H2,1-2H3,(H,22,26)(H,23,25)(H,27,28)/t16-,17-,18-/m0/s1. The highest BCUT2D eigenvalue weighted by Gasteiger charge is 2.31. The molecule has 1 aliphatic carbocycles. The molecule has 1 unspecified atom stereocenters. The molecule has 5 N–H and O–H groups in total. The molecular weight excluding hydrogens is 393 g/mol. The van der Waals surface area contributed by atoms with Gasteiger partial charge in [0, 0.05) is 12.7 Å². The van der Waals surface area contributed by atoms with Gasteiger partial charge in [-0.2, -0.15) is 0 Å². The van der Waals surface area contributed by atoms with Crippen molar-refractivity contribution in [2.75, 3.05) is 25.4 Å². The van der Waals surface area contributed by atoms with Crippen molar-refractivity contribution in [1.29, 1.82) is 0 Å². The number of hydrogen-bond acceptors (Lipinski definition) is 5. The van der Waals surface area contributed by atoms with Gasteiger partial charge in [-0.3, -0.25) is 14.2 Å². The van der Waals surface area contributed by atoms with Crippen LogP contribution in [0.2, 0.25) is 0 Å². The van der Waals surface area contributed by atoms with Crippen LogP contribution in [-0.4, -0.2) is 65.4 Å². The molecule has 0 radical (unpaired) electrons. The minimum absolute atomic E-state index is 0.102. The molecule has 0 aromatic rings. The van der Waals surface area contributed by atoms with Gasteiger partial charge in [0.1, 0.15) is 6.04 Å². The molecule has 2 amide bonds. The number of carbonyl (C=O) groups excluding carboxylic acids is 2. The molecule has 1 heterocycles. The molecule has 4 atom stereocenters. The van der Waals surface area contributed by atoms with E-state index in [1.54, 1.807) is 0 Å².